The number of unbranched alkanes of at least 4 members (excludes halogenated alkanes) is 3. The lowest BCUT2D eigenvalue weighted by atomic mass is 9.62. The van der Waals surface area contributed by atoms with Crippen LogP contribution in [0.1, 0.15) is 59.3 Å². The van der Waals surface area contributed by atoms with E-state index in [2.05, 4.69) is 20.1 Å². The van der Waals surface area contributed by atoms with E-state index < -0.39 is 29.1 Å². The Hall–Kier alpha value is -2.68. The van der Waals surface area contributed by atoms with Crippen LogP contribution in [0.3, 0.4) is 0 Å². The molecule has 4 rings (SSSR count). The largest absolute Gasteiger partial charge is 0.396 e. The molecule has 2 bridgehead atoms. The zero-order valence-electron chi connectivity index (χ0n) is 25.3. The van der Waals surface area contributed by atoms with Crippen molar-refractivity contribution in [3.05, 3.63) is 54.6 Å². The molecule has 42 heavy (non-hydrogen) atoms. The van der Waals surface area contributed by atoms with Gasteiger partial charge in [-0.2, -0.15) is 0 Å². The van der Waals surface area contributed by atoms with E-state index in [-0.39, 0.29) is 36.8 Å². The third-order valence-corrected chi connectivity index (χ3v) is 9.74. The first kappa shape index (κ1) is 32.2. The van der Waals surface area contributed by atoms with Crippen molar-refractivity contribution >= 4 is 35.0 Å². The van der Waals surface area contributed by atoms with Crippen molar-refractivity contribution in [1.29, 1.82) is 0 Å². The van der Waals surface area contributed by atoms with E-state index in [1.165, 1.54) is 0 Å². The van der Waals surface area contributed by atoms with Gasteiger partial charge in [0.05, 0.1) is 17.4 Å². The number of rotatable bonds is 15. The third-order valence-electron chi connectivity index (χ3n) is 9.49. The molecule has 3 amide bonds. The van der Waals surface area contributed by atoms with Crippen LogP contribution in [0, 0.1) is 17.8 Å². The van der Waals surface area contributed by atoms with Gasteiger partial charge < -0.3 is 24.5 Å². The number of aliphatic hydroxyl groups is 1. The standard InChI is InChI=1S/C33H46ClN3O5/c1-6-17-35(18-7-2)29(39)26-27-30(40)37(20-11-9-10-12-21-38)28(33(27)22-23(4)32(26,5)42-33)31(41)36(19-8-3)25-15-13-24(34)14-16-25/h6,8,13-16,23,26-28,38H,1,3,7,9-12,17-22H2,2,4-5H3/t23?,26-,27+,28?,32+,33?/m1/s1. The first-order valence-corrected chi connectivity index (χ1v) is 15.7. The van der Waals surface area contributed by atoms with E-state index >= 15 is 0 Å². The minimum absolute atomic E-state index is 0.0362. The number of amides is 3. The van der Waals surface area contributed by atoms with E-state index in [9.17, 15) is 19.5 Å². The molecule has 1 N–H and O–H groups in total. The van der Waals surface area contributed by atoms with Crippen LogP contribution in [-0.2, 0) is 19.1 Å². The maximum absolute atomic E-state index is 14.7. The zero-order chi connectivity index (χ0) is 30.7. The summed E-state index contributed by atoms with van der Waals surface area (Å²) in [5.74, 6) is -2.02. The lowest BCUT2D eigenvalue weighted by molar-refractivity contribution is -0.151. The Morgan fingerprint density at radius 2 is 1.79 bits per heavy atom. The number of anilines is 1. The molecule has 3 unspecified atom stereocenters. The normalized spacial score (nSPS) is 29.5. The van der Waals surface area contributed by atoms with Crippen LogP contribution in [0.15, 0.2) is 49.6 Å². The number of benzene rings is 1. The number of hydrogen-bond acceptors (Lipinski definition) is 5. The van der Waals surface area contributed by atoms with Crippen LogP contribution in [-0.4, -0.2) is 82.7 Å². The minimum Gasteiger partial charge on any atom is -0.396 e. The Kier molecular flexibility index (Phi) is 10.2. The molecule has 1 aromatic rings. The van der Waals surface area contributed by atoms with Crippen LogP contribution in [0.25, 0.3) is 0 Å². The number of carbonyl (C=O) groups excluding carboxylic acids is 3. The van der Waals surface area contributed by atoms with E-state index in [1.807, 2.05) is 13.8 Å². The van der Waals surface area contributed by atoms with E-state index in [0.29, 0.717) is 49.6 Å². The maximum Gasteiger partial charge on any atom is 0.253 e. The van der Waals surface area contributed by atoms with E-state index in [0.717, 1.165) is 19.3 Å². The van der Waals surface area contributed by atoms with Gasteiger partial charge in [0.2, 0.25) is 11.8 Å². The summed E-state index contributed by atoms with van der Waals surface area (Å²) in [6.45, 7) is 15.4. The van der Waals surface area contributed by atoms with Crippen LogP contribution >= 0.6 is 11.6 Å². The van der Waals surface area contributed by atoms with Gasteiger partial charge in [0.1, 0.15) is 11.6 Å². The number of ether oxygens (including phenoxy) is 1. The Morgan fingerprint density at radius 3 is 2.40 bits per heavy atom. The van der Waals surface area contributed by atoms with Gasteiger partial charge in [0.25, 0.3) is 5.91 Å². The van der Waals surface area contributed by atoms with Gasteiger partial charge in [-0.1, -0.05) is 50.4 Å². The van der Waals surface area contributed by atoms with Crippen LogP contribution in [0.2, 0.25) is 5.02 Å². The smallest absolute Gasteiger partial charge is 0.253 e. The highest BCUT2D eigenvalue weighted by Gasteiger charge is 2.80. The van der Waals surface area contributed by atoms with Crippen LogP contribution in [0.5, 0.6) is 0 Å². The number of likely N-dealkylation sites (tertiary alicyclic amines) is 1. The monoisotopic (exact) mass is 599 g/mol. The second-order valence-corrected chi connectivity index (χ2v) is 12.6. The van der Waals surface area contributed by atoms with Gasteiger partial charge in [-0.25, -0.2) is 0 Å². The Bertz CT molecular complexity index is 1170. The summed E-state index contributed by atoms with van der Waals surface area (Å²) in [4.78, 5) is 48.5. The minimum atomic E-state index is -1.12. The van der Waals surface area contributed by atoms with Gasteiger partial charge in [-0.15, -0.1) is 13.2 Å². The highest BCUT2D eigenvalue weighted by Crippen LogP contribution is 2.65. The van der Waals surface area contributed by atoms with Crippen molar-refractivity contribution < 1.29 is 24.2 Å². The average molecular weight is 600 g/mol. The highest BCUT2D eigenvalue weighted by atomic mass is 35.5. The molecule has 0 aromatic heterocycles. The third kappa shape index (κ3) is 5.53. The summed E-state index contributed by atoms with van der Waals surface area (Å²) in [6.07, 6.45) is 7.70. The molecule has 6 atom stereocenters. The summed E-state index contributed by atoms with van der Waals surface area (Å²) in [5, 5.41) is 9.77. The summed E-state index contributed by atoms with van der Waals surface area (Å²) >= 11 is 6.15. The number of halogens is 1. The lowest BCUT2D eigenvalue weighted by Gasteiger charge is -2.39. The molecule has 0 saturated carbocycles. The number of nitrogens with zero attached hydrogens (tertiary/aromatic N) is 3. The van der Waals surface area contributed by atoms with Crippen molar-refractivity contribution in [1.82, 2.24) is 9.80 Å². The number of hydrogen-bond donors (Lipinski definition) is 1. The van der Waals surface area contributed by atoms with Gasteiger partial charge >= 0.3 is 0 Å². The van der Waals surface area contributed by atoms with Gasteiger partial charge in [0, 0.05) is 43.5 Å². The SMILES string of the molecule is C=CCN(CCC)C(=O)[C@H]1[C@H]2C(=O)N(CCCCCCO)C(C(=O)N(CC=C)c3ccc(Cl)cc3)C23CC(C)[C@]1(C)O3. The molecule has 1 aromatic carbocycles. The summed E-state index contributed by atoms with van der Waals surface area (Å²) < 4.78 is 6.92. The fourth-order valence-corrected chi connectivity index (χ4v) is 7.64. The molecule has 9 heteroatoms. The molecule has 3 saturated heterocycles. The zero-order valence-corrected chi connectivity index (χ0v) is 26.0. The summed E-state index contributed by atoms with van der Waals surface area (Å²) in [5.41, 5.74) is -1.34. The molecule has 8 nitrogen and oxygen atoms in total. The molecule has 1 spiro atoms. The maximum atomic E-state index is 14.7. The lowest BCUT2D eigenvalue weighted by Crippen LogP contribution is -2.57. The van der Waals surface area contributed by atoms with E-state index in [1.54, 1.807) is 51.1 Å². The second-order valence-electron chi connectivity index (χ2n) is 12.2. The number of fused-ring (bicyclic) bond motifs is 1. The molecular formula is C33H46ClN3O5. The molecule has 0 radical (unpaired) electrons. The first-order valence-electron chi connectivity index (χ1n) is 15.3. The molecule has 230 valence electrons. The summed E-state index contributed by atoms with van der Waals surface area (Å²) in [6, 6.07) is 6.16. The Labute approximate surface area is 255 Å². The van der Waals surface area contributed by atoms with Crippen molar-refractivity contribution in [3.8, 4) is 0 Å². The van der Waals surface area contributed by atoms with Gasteiger partial charge in [0.15, 0.2) is 0 Å². The van der Waals surface area contributed by atoms with Crippen LogP contribution < -0.4 is 4.90 Å². The topological polar surface area (TPSA) is 90.4 Å². The van der Waals surface area contributed by atoms with Crippen molar-refractivity contribution in [3.63, 3.8) is 0 Å². The molecule has 3 heterocycles. The quantitative estimate of drug-likeness (QED) is 0.230. The Balaban J connectivity index is 1.78. The van der Waals surface area contributed by atoms with Crippen molar-refractivity contribution in [2.75, 3.05) is 37.7 Å². The summed E-state index contributed by atoms with van der Waals surface area (Å²) in [7, 11) is 0. The highest BCUT2D eigenvalue weighted by molar-refractivity contribution is 6.30. The van der Waals surface area contributed by atoms with Crippen molar-refractivity contribution in [2.24, 2.45) is 17.8 Å². The Morgan fingerprint density at radius 1 is 1.12 bits per heavy atom. The fraction of sp³-hybridized carbons (Fsp3) is 0.606. The molecular weight excluding hydrogens is 554 g/mol. The number of carbonyl (C=O) groups is 3. The molecule has 3 aliphatic heterocycles. The second kappa shape index (κ2) is 13.3. The van der Waals surface area contributed by atoms with Crippen LogP contribution in [0.4, 0.5) is 5.69 Å². The number of aliphatic hydroxyl groups excluding tert-OH is 1. The molecule has 3 fully saturated rings. The van der Waals surface area contributed by atoms with Crippen molar-refractivity contribution in [2.45, 2.75) is 76.5 Å². The fourth-order valence-electron chi connectivity index (χ4n) is 7.52. The molecule has 0 aliphatic carbocycles. The first-order chi connectivity index (χ1) is 20.1. The van der Waals surface area contributed by atoms with Gasteiger partial charge in [-0.05, 0) is 62.8 Å². The molecule has 3 aliphatic rings. The van der Waals surface area contributed by atoms with Gasteiger partial charge in [-0.3, -0.25) is 14.4 Å². The van der Waals surface area contributed by atoms with E-state index in [4.69, 9.17) is 16.3 Å². The predicted octanol–water partition coefficient (Wildman–Crippen LogP) is 4.85. The predicted molar refractivity (Wildman–Crippen MR) is 165 cm³/mol. The average Bonchev–Trinajstić information content (AvgIpc) is 3.47.